The molecule has 0 aliphatic heterocycles. The Hall–Kier alpha value is -2.55. The molecule has 156 valence electrons. The van der Waals surface area contributed by atoms with Crippen molar-refractivity contribution in [2.45, 2.75) is 43.2 Å². The van der Waals surface area contributed by atoms with Crippen LogP contribution in [0.15, 0.2) is 33.9 Å². The highest BCUT2D eigenvalue weighted by Crippen LogP contribution is 2.32. The topological polar surface area (TPSA) is 97.6 Å². The van der Waals surface area contributed by atoms with Gasteiger partial charge in [-0.15, -0.1) is 10.2 Å². The number of aromatic nitrogens is 2. The molecule has 0 saturated heterocycles. The SMILES string of the molecule is COc1cccc(NC(=O)CN(C)C(=O)CSc2nnc(C3CCCCC3)o2)c1. The third-order valence-corrected chi connectivity index (χ3v) is 5.66. The second-order valence-electron chi connectivity index (χ2n) is 7.06. The smallest absolute Gasteiger partial charge is 0.277 e. The number of methoxy groups -OCH3 is 1. The third kappa shape index (κ3) is 6.22. The summed E-state index contributed by atoms with van der Waals surface area (Å²) in [6, 6.07) is 7.05. The molecule has 1 aliphatic rings. The van der Waals surface area contributed by atoms with Crippen molar-refractivity contribution in [1.82, 2.24) is 15.1 Å². The zero-order valence-electron chi connectivity index (χ0n) is 16.7. The average molecular weight is 419 g/mol. The monoisotopic (exact) mass is 418 g/mol. The second kappa shape index (κ2) is 10.3. The molecule has 1 fully saturated rings. The summed E-state index contributed by atoms with van der Waals surface area (Å²) in [4.78, 5) is 25.9. The normalized spacial score (nSPS) is 14.4. The summed E-state index contributed by atoms with van der Waals surface area (Å²) in [5, 5.41) is 11.3. The van der Waals surface area contributed by atoms with Gasteiger partial charge >= 0.3 is 0 Å². The summed E-state index contributed by atoms with van der Waals surface area (Å²) >= 11 is 1.20. The first-order chi connectivity index (χ1) is 14.0. The highest BCUT2D eigenvalue weighted by molar-refractivity contribution is 7.99. The van der Waals surface area contributed by atoms with E-state index in [4.69, 9.17) is 9.15 Å². The summed E-state index contributed by atoms with van der Waals surface area (Å²) in [6.45, 7) is -0.0479. The van der Waals surface area contributed by atoms with Crippen molar-refractivity contribution in [2.75, 3.05) is 31.8 Å². The highest BCUT2D eigenvalue weighted by Gasteiger charge is 2.22. The van der Waals surface area contributed by atoms with Crippen LogP contribution in [0.5, 0.6) is 5.75 Å². The molecule has 1 aromatic carbocycles. The summed E-state index contributed by atoms with van der Waals surface area (Å²) < 4.78 is 10.8. The van der Waals surface area contributed by atoms with Crippen LogP contribution in [0, 0.1) is 0 Å². The van der Waals surface area contributed by atoms with Crippen LogP contribution in [-0.4, -0.2) is 53.4 Å². The van der Waals surface area contributed by atoms with E-state index in [1.807, 2.05) is 0 Å². The number of carbonyl (C=O) groups excluding carboxylic acids is 2. The van der Waals surface area contributed by atoms with Crippen molar-refractivity contribution in [1.29, 1.82) is 0 Å². The number of likely N-dealkylation sites (N-methyl/N-ethyl adjacent to an activating group) is 1. The Labute approximate surface area is 174 Å². The van der Waals surface area contributed by atoms with Crippen LogP contribution in [0.4, 0.5) is 5.69 Å². The molecule has 0 unspecified atom stereocenters. The van der Waals surface area contributed by atoms with Gasteiger partial charge in [0.1, 0.15) is 5.75 Å². The van der Waals surface area contributed by atoms with Crippen molar-refractivity contribution >= 4 is 29.3 Å². The van der Waals surface area contributed by atoms with Gasteiger partial charge in [0.25, 0.3) is 5.22 Å². The minimum atomic E-state index is -0.281. The quantitative estimate of drug-likeness (QED) is 0.657. The lowest BCUT2D eigenvalue weighted by atomic mass is 9.89. The number of anilines is 1. The number of hydrogen-bond acceptors (Lipinski definition) is 7. The zero-order chi connectivity index (χ0) is 20.6. The van der Waals surface area contributed by atoms with Crippen LogP contribution in [0.2, 0.25) is 0 Å². The van der Waals surface area contributed by atoms with Gasteiger partial charge in [0.15, 0.2) is 0 Å². The van der Waals surface area contributed by atoms with E-state index >= 15 is 0 Å². The number of carbonyl (C=O) groups is 2. The van der Waals surface area contributed by atoms with Crippen LogP contribution in [-0.2, 0) is 9.59 Å². The van der Waals surface area contributed by atoms with E-state index in [-0.39, 0.29) is 24.1 Å². The zero-order valence-corrected chi connectivity index (χ0v) is 17.5. The third-order valence-electron chi connectivity index (χ3n) is 4.86. The van der Waals surface area contributed by atoms with Gasteiger partial charge in [-0.1, -0.05) is 37.1 Å². The van der Waals surface area contributed by atoms with Crippen LogP contribution < -0.4 is 10.1 Å². The number of benzene rings is 1. The Morgan fingerprint density at radius 2 is 2.07 bits per heavy atom. The van der Waals surface area contributed by atoms with Gasteiger partial charge in [-0.2, -0.15) is 0 Å². The molecule has 0 bridgehead atoms. The molecule has 1 saturated carbocycles. The van der Waals surface area contributed by atoms with Gasteiger partial charge in [0.2, 0.25) is 17.7 Å². The standard InChI is InChI=1S/C20H26N4O4S/c1-24(12-17(25)21-15-9-6-10-16(11-15)27-2)18(26)13-29-20-23-22-19(28-20)14-7-4-3-5-8-14/h6,9-11,14H,3-5,7-8,12-13H2,1-2H3,(H,21,25). The number of rotatable bonds is 8. The van der Waals surface area contributed by atoms with Gasteiger partial charge in [0, 0.05) is 24.7 Å². The second-order valence-corrected chi connectivity index (χ2v) is 7.99. The van der Waals surface area contributed by atoms with E-state index in [0.29, 0.717) is 28.5 Å². The molecule has 0 atom stereocenters. The predicted octanol–water partition coefficient (Wildman–Crippen LogP) is 3.32. The fourth-order valence-electron chi connectivity index (χ4n) is 3.23. The first kappa shape index (κ1) is 21.2. The fraction of sp³-hybridized carbons (Fsp3) is 0.500. The van der Waals surface area contributed by atoms with Crippen LogP contribution in [0.25, 0.3) is 0 Å². The number of amides is 2. The Bertz CT molecular complexity index is 835. The van der Waals surface area contributed by atoms with Gasteiger partial charge in [0.05, 0.1) is 19.4 Å². The van der Waals surface area contributed by atoms with E-state index in [1.165, 1.54) is 35.9 Å². The largest absolute Gasteiger partial charge is 0.497 e. The first-order valence-electron chi connectivity index (χ1n) is 9.69. The minimum absolute atomic E-state index is 0.0479. The molecule has 2 aromatic rings. The van der Waals surface area contributed by atoms with E-state index in [2.05, 4.69) is 15.5 Å². The lowest BCUT2D eigenvalue weighted by Crippen LogP contribution is -2.35. The van der Waals surface area contributed by atoms with Gasteiger partial charge in [-0.25, -0.2) is 0 Å². The van der Waals surface area contributed by atoms with Crippen molar-refractivity contribution in [3.63, 3.8) is 0 Å². The van der Waals surface area contributed by atoms with Crippen molar-refractivity contribution in [2.24, 2.45) is 0 Å². The Balaban J connectivity index is 1.44. The van der Waals surface area contributed by atoms with Crippen molar-refractivity contribution in [3.05, 3.63) is 30.2 Å². The molecule has 2 amide bonds. The maximum Gasteiger partial charge on any atom is 0.277 e. The molecule has 0 radical (unpaired) electrons. The summed E-state index contributed by atoms with van der Waals surface area (Å²) in [5.41, 5.74) is 0.616. The number of nitrogens with one attached hydrogen (secondary N) is 1. The maximum atomic E-state index is 12.3. The highest BCUT2D eigenvalue weighted by atomic mass is 32.2. The van der Waals surface area contributed by atoms with E-state index < -0.39 is 0 Å². The minimum Gasteiger partial charge on any atom is -0.497 e. The van der Waals surface area contributed by atoms with Gasteiger partial charge in [-0.05, 0) is 25.0 Å². The molecule has 3 rings (SSSR count). The van der Waals surface area contributed by atoms with Crippen LogP contribution in [0.3, 0.4) is 0 Å². The maximum absolute atomic E-state index is 12.3. The fourth-order valence-corrected chi connectivity index (χ4v) is 3.94. The first-order valence-corrected chi connectivity index (χ1v) is 10.7. The van der Waals surface area contributed by atoms with Crippen molar-refractivity contribution < 1.29 is 18.7 Å². The molecule has 1 N–H and O–H groups in total. The molecule has 9 heteroatoms. The number of nitrogens with zero attached hydrogens (tertiary/aromatic N) is 3. The Morgan fingerprint density at radius 1 is 1.28 bits per heavy atom. The lowest BCUT2D eigenvalue weighted by Gasteiger charge is -2.17. The number of hydrogen-bond donors (Lipinski definition) is 1. The van der Waals surface area contributed by atoms with E-state index in [1.54, 1.807) is 38.4 Å². The van der Waals surface area contributed by atoms with Crippen LogP contribution in [0.1, 0.15) is 43.9 Å². The summed E-state index contributed by atoms with van der Waals surface area (Å²) in [7, 11) is 3.15. The molecule has 8 nitrogen and oxygen atoms in total. The Morgan fingerprint density at radius 3 is 2.83 bits per heavy atom. The molecular formula is C20H26N4O4S. The summed E-state index contributed by atoms with van der Waals surface area (Å²) in [6.07, 6.45) is 5.80. The molecule has 29 heavy (non-hydrogen) atoms. The molecule has 1 aromatic heterocycles. The summed E-state index contributed by atoms with van der Waals surface area (Å²) in [5.74, 6) is 1.32. The number of thioether (sulfide) groups is 1. The molecule has 1 aliphatic carbocycles. The average Bonchev–Trinajstić information content (AvgIpc) is 3.21. The van der Waals surface area contributed by atoms with Crippen LogP contribution >= 0.6 is 11.8 Å². The predicted molar refractivity (Wildman–Crippen MR) is 110 cm³/mol. The lowest BCUT2D eigenvalue weighted by molar-refractivity contribution is -0.131. The van der Waals surface area contributed by atoms with Gasteiger partial charge in [-0.3, -0.25) is 9.59 Å². The van der Waals surface area contributed by atoms with E-state index in [0.717, 1.165) is 12.8 Å². The molecule has 1 heterocycles. The van der Waals surface area contributed by atoms with Crippen molar-refractivity contribution in [3.8, 4) is 5.75 Å². The molecule has 0 spiro atoms. The Kier molecular flexibility index (Phi) is 7.51. The number of ether oxygens (including phenoxy) is 1. The van der Waals surface area contributed by atoms with E-state index in [9.17, 15) is 9.59 Å². The molecular weight excluding hydrogens is 392 g/mol. The van der Waals surface area contributed by atoms with Gasteiger partial charge < -0.3 is 19.4 Å².